The summed E-state index contributed by atoms with van der Waals surface area (Å²) in [5.74, 6) is 4.41. The number of rotatable bonds is 1. The summed E-state index contributed by atoms with van der Waals surface area (Å²) in [7, 11) is 0. The van der Waals surface area contributed by atoms with Crippen molar-refractivity contribution in [3.05, 3.63) is 11.6 Å². The lowest BCUT2D eigenvalue weighted by Gasteiger charge is -2.60. The average molecular weight is 272 g/mol. The van der Waals surface area contributed by atoms with Gasteiger partial charge in [0.1, 0.15) is 11.6 Å². The highest BCUT2D eigenvalue weighted by atomic mass is 15.3. The van der Waals surface area contributed by atoms with E-state index in [4.69, 9.17) is 5.10 Å². The fourth-order valence-corrected chi connectivity index (χ4v) is 6.47. The van der Waals surface area contributed by atoms with Crippen LogP contribution in [0.5, 0.6) is 0 Å². The molecule has 1 aliphatic heterocycles. The molecule has 0 aromatic carbocycles. The third-order valence-corrected chi connectivity index (χ3v) is 6.45. The molecule has 0 amide bonds. The van der Waals surface area contributed by atoms with Crippen molar-refractivity contribution in [2.45, 2.75) is 64.0 Å². The molecular formula is C16H24N4. The maximum Gasteiger partial charge on any atom is 0.147 e. The van der Waals surface area contributed by atoms with Gasteiger partial charge < -0.3 is 9.88 Å². The SMILES string of the molecule is CC12CC3CC(C1)CC(c1nnc4n1CCNC4)(C3)C2. The quantitative estimate of drug-likeness (QED) is 0.852. The molecule has 4 fully saturated rings. The van der Waals surface area contributed by atoms with Gasteiger partial charge in [0.05, 0.1) is 6.54 Å². The minimum absolute atomic E-state index is 0.363. The summed E-state index contributed by atoms with van der Waals surface area (Å²) in [5.41, 5.74) is 0.949. The molecule has 6 rings (SSSR count). The summed E-state index contributed by atoms with van der Waals surface area (Å²) in [6.45, 7) is 5.56. The molecule has 0 radical (unpaired) electrons. The van der Waals surface area contributed by atoms with Gasteiger partial charge in [-0.3, -0.25) is 0 Å². The number of fused-ring (bicyclic) bond motifs is 1. The average Bonchev–Trinajstić information content (AvgIpc) is 2.80. The molecule has 0 spiro atoms. The highest BCUT2D eigenvalue weighted by Crippen LogP contribution is 2.65. The predicted octanol–water partition coefficient (Wildman–Crippen LogP) is 2.24. The minimum atomic E-state index is 0.363. The van der Waals surface area contributed by atoms with Gasteiger partial charge in [-0.25, -0.2) is 0 Å². The van der Waals surface area contributed by atoms with E-state index in [9.17, 15) is 0 Å². The fraction of sp³-hybridized carbons (Fsp3) is 0.875. The number of nitrogens with one attached hydrogen (secondary N) is 1. The number of hydrogen-bond donors (Lipinski definition) is 1. The van der Waals surface area contributed by atoms with E-state index in [1.54, 1.807) is 0 Å². The van der Waals surface area contributed by atoms with Crippen LogP contribution >= 0.6 is 0 Å². The van der Waals surface area contributed by atoms with E-state index in [2.05, 4.69) is 21.9 Å². The first-order chi connectivity index (χ1) is 9.66. The molecule has 1 aromatic heterocycles. The van der Waals surface area contributed by atoms with Crippen LogP contribution in [0.25, 0.3) is 0 Å². The van der Waals surface area contributed by atoms with Crippen LogP contribution < -0.4 is 5.32 Å². The maximum absolute atomic E-state index is 4.69. The van der Waals surface area contributed by atoms with E-state index in [0.717, 1.165) is 37.3 Å². The number of hydrogen-bond acceptors (Lipinski definition) is 3. The Morgan fingerprint density at radius 2 is 1.95 bits per heavy atom. The van der Waals surface area contributed by atoms with Crippen molar-refractivity contribution in [3.8, 4) is 0 Å². The zero-order valence-electron chi connectivity index (χ0n) is 12.4. The molecule has 4 heteroatoms. The van der Waals surface area contributed by atoms with Gasteiger partial charge >= 0.3 is 0 Å². The van der Waals surface area contributed by atoms with Crippen LogP contribution in [0, 0.1) is 17.3 Å². The van der Waals surface area contributed by atoms with Crippen LogP contribution in [0.15, 0.2) is 0 Å². The molecule has 2 atom stereocenters. The van der Waals surface area contributed by atoms with Crippen molar-refractivity contribution >= 4 is 0 Å². The summed E-state index contributed by atoms with van der Waals surface area (Å²) in [4.78, 5) is 0. The van der Waals surface area contributed by atoms with Crippen molar-refractivity contribution in [2.24, 2.45) is 17.3 Å². The Bertz CT molecular complexity index is 547. The molecule has 4 bridgehead atoms. The van der Waals surface area contributed by atoms with Crippen LogP contribution in [0.2, 0.25) is 0 Å². The van der Waals surface area contributed by atoms with Gasteiger partial charge in [-0.15, -0.1) is 10.2 Å². The van der Waals surface area contributed by atoms with E-state index < -0.39 is 0 Å². The zero-order valence-corrected chi connectivity index (χ0v) is 12.4. The first kappa shape index (κ1) is 11.7. The summed E-state index contributed by atoms with van der Waals surface area (Å²) in [6, 6.07) is 0. The molecule has 1 aromatic rings. The Kier molecular flexibility index (Phi) is 2.14. The standard InChI is InChI=1S/C16H24N4/c1-15-5-11-4-12(6-15)8-16(7-11,10-15)14-19-18-13-9-17-2-3-20(13)14/h11-12,17H,2-10H2,1H3. The molecule has 4 nitrogen and oxygen atoms in total. The van der Waals surface area contributed by atoms with Crippen molar-refractivity contribution in [2.75, 3.05) is 6.54 Å². The second-order valence-corrected chi connectivity index (χ2v) is 8.32. The zero-order chi connectivity index (χ0) is 13.4. The summed E-state index contributed by atoms with van der Waals surface area (Å²) < 4.78 is 2.45. The Morgan fingerprint density at radius 3 is 2.70 bits per heavy atom. The van der Waals surface area contributed by atoms with E-state index in [0.29, 0.717) is 10.8 Å². The Morgan fingerprint density at radius 1 is 1.15 bits per heavy atom. The van der Waals surface area contributed by atoms with Crippen LogP contribution in [0.4, 0.5) is 0 Å². The van der Waals surface area contributed by atoms with Crippen molar-refractivity contribution in [3.63, 3.8) is 0 Å². The van der Waals surface area contributed by atoms with Crippen molar-refractivity contribution in [1.29, 1.82) is 0 Å². The maximum atomic E-state index is 4.69. The predicted molar refractivity (Wildman–Crippen MR) is 76.2 cm³/mol. The van der Waals surface area contributed by atoms with Crippen molar-refractivity contribution in [1.82, 2.24) is 20.1 Å². The fourth-order valence-electron chi connectivity index (χ4n) is 6.47. The number of aromatic nitrogens is 3. The first-order valence-electron chi connectivity index (χ1n) is 8.29. The lowest BCUT2D eigenvalue weighted by molar-refractivity contribution is -0.0662. The molecule has 2 heterocycles. The van der Waals surface area contributed by atoms with Gasteiger partial charge in [0.15, 0.2) is 0 Å². The lowest BCUT2D eigenvalue weighted by Crippen LogP contribution is -2.54. The highest BCUT2D eigenvalue weighted by molar-refractivity contribution is 5.21. The van der Waals surface area contributed by atoms with E-state index in [1.807, 2.05) is 0 Å². The Hall–Kier alpha value is -0.900. The molecular weight excluding hydrogens is 248 g/mol. The third-order valence-electron chi connectivity index (χ3n) is 6.45. The monoisotopic (exact) mass is 272 g/mol. The van der Waals surface area contributed by atoms with Gasteiger partial charge in [0, 0.05) is 18.5 Å². The molecule has 0 saturated heterocycles. The van der Waals surface area contributed by atoms with Crippen LogP contribution in [0.3, 0.4) is 0 Å². The van der Waals surface area contributed by atoms with Gasteiger partial charge in [-0.1, -0.05) is 6.92 Å². The minimum Gasteiger partial charge on any atom is -0.312 e. The summed E-state index contributed by atoms with van der Waals surface area (Å²) in [6.07, 6.45) is 8.54. The second kappa shape index (κ2) is 3.65. The van der Waals surface area contributed by atoms with E-state index >= 15 is 0 Å². The van der Waals surface area contributed by atoms with E-state index in [-0.39, 0.29) is 0 Å². The Balaban J connectivity index is 1.62. The molecule has 4 aliphatic carbocycles. The lowest BCUT2D eigenvalue weighted by atomic mass is 9.44. The first-order valence-corrected chi connectivity index (χ1v) is 8.29. The largest absolute Gasteiger partial charge is 0.312 e. The van der Waals surface area contributed by atoms with Crippen LogP contribution in [-0.2, 0) is 18.5 Å². The van der Waals surface area contributed by atoms with E-state index in [1.165, 1.54) is 44.3 Å². The molecule has 5 aliphatic rings. The summed E-state index contributed by atoms with van der Waals surface area (Å²) >= 11 is 0. The van der Waals surface area contributed by atoms with Gasteiger partial charge in [-0.2, -0.15) is 0 Å². The molecule has 2 unspecified atom stereocenters. The molecule has 1 N–H and O–H groups in total. The Labute approximate surface area is 120 Å². The molecule has 20 heavy (non-hydrogen) atoms. The summed E-state index contributed by atoms with van der Waals surface area (Å²) in [5, 5.41) is 12.6. The van der Waals surface area contributed by atoms with Gasteiger partial charge in [0.2, 0.25) is 0 Å². The van der Waals surface area contributed by atoms with Crippen LogP contribution in [-0.4, -0.2) is 21.3 Å². The topological polar surface area (TPSA) is 42.7 Å². The number of nitrogens with zero attached hydrogens (tertiary/aromatic N) is 3. The normalized spacial score (nSPS) is 45.6. The third kappa shape index (κ3) is 1.46. The van der Waals surface area contributed by atoms with Crippen molar-refractivity contribution < 1.29 is 0 Å². The molecule has 108 valence electrons. The smallest absolute Gasteiger partial charge is 0.147 e. The van der Waals surface area contributed by atoms with Gasteiger partial charge in [0.25, 0.3) is 0 Å². The van der Waals surface area contributed by atoms with Crippen LogP contribution in [0.1, 0.15) is 57.1 Å². The highest BCUT2D eigenvalue weighted by Gasteiger charge is 2.58. The van der Waals surface area contributed by atoms with Gasteiger partial charge in [-0.05, 0) is 55.8 Å². The second-order valence-electron chi connectivity index (χ2n) is 8.32. The molecule has 4 saturated carbocycles.